The first kappa shape index (κ1) is 13.5. The largest absolute Gasteiger partial charge is 0.481 e. The van der Waals surface area contributed by atoms with Crippen LogP contribution in [0.4, 0.5) is 5.69 Å². The second kappa shape index (κ2) is 5.65. The molecule has 0 fully saturated rings. The Labute approximate surface area is 99.8 Å². The Kier molecular flexibility index (Phi) is 4.47. The van der Waals surface area contributed by atoms with Crippen molar-refractivity contribution < 1.29 is 18.3 Å². The Balaban J connectivity index is 2.65. The first-order valence-corrected chi connectivity index (χ1v) is 6.43. The van der Waals surface area contributed by atoms with Crippen LogP contribution in [0.25, 0.3) is 0 Å². The lowest BCUT2D eigenvalue weighted by atomic mass is 10.1. The molecule has 17 heavy (non-hydrogen) atoms. The number of carboxylic acids is 1. The third-order valence-corrected chi connectivity index (χ3v) is 3.14. The molecule has 3 N–H and O–H groups in total. The van der Waals surface area contributed by atoms with Gasteiger partial charge in [0.15, 0.2) is 0 Å². The molecule has 0 heterocycles. The van der Waals surface area contributed by atoms with Gasteiger partial charge in [0.2, 0.25) is 0 Å². The summed E-state index contributed by atoms with van der Waals surface area (Å²) in [5, 5.41) is 8.51. The molecular formula is C10H14N2O4S. The predicted molar refractivity (Wildman–Crippen MR) is 64.0 cm³/mol. The number of carboxylic acid groups (broad SMARTS) is 1. The summed E-state index contributed by atoms with van der Waals surface area (Å²) in [6.45, 7) is 0. The molecule has 0 amide bonds. The Morgan fingerprint density at radius 1 is 1.29 bits per heavy atom. The van der Waals surface area contributed by atoms with E-state index in [2.05, 4.69) is 9.44 Å². The van der Waals surface area contributed by atoms with E-state index in [4.69, 9.17) is 5.11 Å². The van der Waals surface area contributed by atoms with Crippen LogP contribution in [0.1, 0.15) is 12.0 Å². The molecule has 1 aromatic carbocycles. The van der Waals surface area contributed by atoms with Gasteiger partial charge in [-0.25, -0.2) is 4.72 Å². The minimum absolute atomic E-state index is 0.0571. The molecule has 0 bridgehead atoms. The van der Waals surface area contributed by atoms with Crippen molar-refractivity contribution in [1.82, 2.24) is 4.72 Å². The van der Waals surface area contributed by atoms with E-state index in [1.807, 2.05) is 0 Å². The Morgan fingerprint density at radius 3 is 2.35 bits per heavy atom. The standard InChI is InChI=1S/C10H14N2O4S/c1-11-17(15,16)12-9-5-2-8(3-6-9)4-7-10(13)14/h2-3,5-6,11-12H,4,7H2,1H3,(H,13,14). The molecule has 1 aromatic rings. The molecule has 0 unspecified atom stereocenters. The lowest BCUT2D eigenvalue weighted by molar-refractivity contribution is -0.136. The highest BCUT2D eigenvalue weighted by molar-refractivity contribution is 7.90. The van der Waals surface area contributed by atoms with Crippen molar-refractivity contribution in [2.24, 2.45) is 0 Å². The fourth-order valence-electron chi connectivity index (χ4n) is 1.20. The van der Waals surface area contributed by atoms with Crippen molar-refractivity contribution in [1.29, 1.82) is 0 Å². The van der Waals surface area contributed by atoms with E-state index in [1.165, 1.54) is 7.05 Å². The van der Waals surface area contributed by atoms with Crippen LogP contribution in [0.15, 0.2) is 24.3 Å². The van der Waals surface area contributed by atoms with Crippen LogP contribution in [0.3, 0.4) is 0 Å². The second-order valence-electron chi connectivity index (χ2n) is 3.40. The van der Waals surface area contributed by atoms with Gasteiger partial charge in [0.25, 0.3) is 10.2 Å². The van der Waals surface area contributed by atoms with Crippen molar-refractivity contribution in [2.75, 3.05) is 11.8 Å². The molecule has 0 atom stereocenters. The maximum absolute atomic E-state index is 11.2. The average molecular weight is 258 g/mol. The first-order valence-electron chi connectivity index (χ1n) is 4.95. The van der Waals surface area contributed by atoms with Crippen LogP contribution in [0.5, 0.6) is 0 Å². The Bertz CT molecular complexity index is 482. The van der Waals surface area contributed by atoms with Crippen molar-refractivity contribution in [3.8, 4) is 0 Å². The van der Waals surface area contributed by atoms with Crippen LogP contribution in [0.2, 0.25) is 0 Å². The molecule has 6 nitrogen and oxygen atoms in total. The number of aryl methyl sites for hydroxylation is 1. The fraction of sp³-hybridized carbons (Fsp3) is 0.300. The van der Waals surface area contributed by atoms with Crippen molar-refractivity contribution in [3.05, 3.63) is 29.8 Å². The maximum Gasteiger partial charge on any atom is 0.303 e. The van der Waals surface area contributed by atoms with E-state index in [0.717, 1.165) is 5.56 Å². The lowest BCUT2D eigenvalue weighted by Gasteiger charge is -2.06. The minimum atomic E-state index is -3.51. The lowest BCUT2D eigenvalue weighted by Crippen LogP contribution is -2.26. The molecule has 0 saturated carbocycles. The average Bonchev–Trinajstić information content (AvgIpc) is 2.28. The van der Waals surface area contributed by atoms with Gasteiger partial charge in [0.05, 0.1) is 0 Å². The van der Waals surface area contributed by atoms with Gasteiger partial charge in [-0.2, -0.15) is 8.42 Å². The molecule has 0 aliphatic carbocycles. The van der Waals surface area contributed by atoms with Gasteiger partial charge in [-0.05, 0) is 24.1 Å². The summed E-state index contributed by atoms with van der Waals surface area (Å²) in [6, 6.07) is 6.56. The highest BCUT2D eigenvalue weighted by Gasteiger charge is 2.05. The number of carbonyl (C=O) groups is 1. The topological polar surface area (TPSA) is 95.5 Å². The summed E-state index contributed by atoms with van der Waals surface area (Å²) < 4.78 is 26.8. The Morgan fingerprint density at radius 2 is 1.88 bits per heavy atom. The maximum atomic E-state index is 11.2. The summed E-state index contributed by atoms with van der Waals surface area (Å²) in [5.41, 5.74) is 1.28. The first-order chi connectivity index (χ1) is 7.93. The normalized spacial score (nSPS) is 11.1. The number of aliphatic carboxylic acids is 1. The summed E-state index contributed by atoms with van der Waals surface area (Å²) in [7, 11) is -2.20. The zero-order valence-corrected chi connectivity index (χ0v) is 10.1. The van der Waals surface area contributed by atoms with E-state index in [-0.39, 0.29) is 6.42 Å². The van der Waals surface area contributed by atoms with E-state index < -0.39 is 16.2 Å². The van der Waals surface area contributed by atoms with E-state index in [1.54, 1.807) is 24.3 Å². The van der Waals surface area contributed by atoms with Gasteiger partial charge in [0, 0.05) is 19.2 Å². The second-order valence-corrected chi connectivity index (χ2v) is 5.02. The van der Waals surface area contributed by atoms with Crippen LogP contribution in [-0.2, 0) is 21.4 Å². The third-order valence-electron chi connectivity index (χ3n) is 2.10. The van der Waals surface area contributed by atoms with E-state index >= 15 is 0 Å². The number of hydrogen-bond acceptors (Lipinski definition) is 3. The summed E-state index contributed by atoms with van der Waals surface area (Å²) in [5.74, 6) is -0.857. The van der Waals surface area contributed by atoms with E-state index in [0.29, 0.717) is 12.1 Å². The molecule has 0 radical (unpaired) electrons. The molecule has 0 aliphatic heterocycles. The molecule has 1 rings (SSSR count). The smallest absolute Gasteiger partial charge is 0.303 e. The zero-order valence-electron chi connectivity index (χ0n) is 9.30. The molecule has 0 aromatic heterocycles. The van der Waals surface area contributed by atoms with Crippen LogP contribution in [0, 0.1) is 0 Å². The summed E-state index contributed by atoms with van der Waals surface area (Å²) in [6.07, 6.45) is 0.482. The molecule has 0 spiro atoms. The molecule has 94 valence electrons. The predicted octanol–water partition coefficient (Wildman–Crippen LogP) is 0.580. The van der Waals surface area contributed by atoms with Crippen LogP contribution < -0.4 is 9.44 Å². The van der Waals surface area contributed by atoms with E-state index in [9.17, 15) is 13.2 Å². The SMILES string of the molecule is CNS(=O)(=O)Nc1ccc(CCC(=O)O)cc1. The number of hydrogen-bond donors (Lipinski definition) is 3. The van der Waals surface area contributed by atoms with Gasteiger partial charge in [-0.1, -0.05) is 12.1 Å². The zero-order chi connectivity index (χ0) is 12.9. The highest BCUT2D eigenvalue weighted by Crippen LogP contribution is 2.12. The van der Waals surface area contributed by atoms with Gasteiger partial charge in [0.1, 0.15) is 0 Å². The van der Waals surface area contributed by atoms with Gasteiger partial charge in [-0.3, -0.25) is 9.52 Å². The molecule has 0 saturated heterocycles. The number of rotatable bonds is 6. The quantitative estimate of drug-likeness (QED) is 0.695. The van der Waals surface area contributed by atoms with Crippen molar-refractivity contribution in [2.45, 2.75) is 12.8 Å². The summed E-state index contributed by atoms with van der Waals surface area (Å²) in [4.78, 5) is 10.4. The van der Waals surface area contributed by atoms with Crippen LogP contribution in [-0.4, -0.2) is 26.5 Å². The van der Waals surface area contributed by atoms with Crippen molar-refractivity contribution >= 4 is 21.9 Å². The highest BCUT2D eigenvalue weighted by atomic mass is 32.2. The van der Waals surface area contributed by atoms with Crippen LogP contribution >= 0.6 is 0 Å². The molecule has 0 aliphatic rings. The fourth-order valence-corrected chi connectivity index (χ4v) is 1.75. The monoisotopic (exact) mass is 258 g/mol. The van der Waals surface area contributed by atoms with Gasteiger partial charge in [-0.15, -0.1) is 0 Å². The number of anilines is 1. The number of nitrogens with one attached hydrogen (secondary N) is 2. The third kappa shape index (κ3) is 4.83. The Hall–Kier alpha value is -1.60. The number of benzene rings is 1. The molecular weight excluding hydrogens is 244 g/mol. The van der Waals surface area contributed by atoms with Gasteiger partial charge < -0.3 is 5.11 Å². The van der Waals surface area contributed by atoms with Gasteiger partial charge >= 0.3 is 5.97 Å². The molecule has 7 heteroatoms. The minimum Gasteiger partial charge on any atom is -0.481 e. The summed E-state index contributed by atoms with van der Waals surface area (Å²) >= 11 is 0. The van der Waals surface area contributed by atoms with Crippen molar-refractivity contribution in [3.63, 3.8) is 0 Å².